The molecule has 1 saturated heterocycles. The zero-order valence-corrected chi connectivity index (χ0v) is 12.8. The number of likely N-dealkylation sites (tertiary alicyclic amines) is 1. The topological polar surface area (TPSA) is 55.6 Å². The second-order valence-corrected chi connectivity index (χ2v) is 5.66. The van der Waals surface area contributed by atoms with Crippen LogP contribution in [0.15, 0.2) is 24.3 Å². The molecule has 1 aliphatic heterocycles. The fourth-order valence-electron chi connectivity index (χ4n) is 2.83. The van der Waals surface area contributed by atoms with E-state index in [0.717, 1.165) is 31.4 Å². The van der Waals surface area contributed by atoms with Crippen molar-refractivity contribution in [3.05, 3.63) is 29.8 Å². The Labute approximate surface area is 133 Å². The molecule has 0 bridgehead atoms. The summed E-state index contributed by atoms with van der Waals surface area (Å²) >= 11 is 0. The average Bonchev–Trinajstić information content (AvgIpc) is 2.52. The molecule has 0 aliphatic carbocycles. The Balaban J connectivity index is 1.86. The van der Waals surface area contributed by atoms with Crippen molar-refractivity contribution in [1.82, 2.24) is 4.90 Å². The number of carbonyl (C=O) groups is 1. The van der Waals surface area contributed by atoms with E-state index < -0.39 is 6.36 Å². The van der Waals surface area contributed by atoms with Crippen LogP contribution in [0.5, 0.6) is 5.75 Å². The zero-order valence-electron chi connectivity index (χ0n) is 12.8. The molecular formula is C16H21F3N2O2. The maximum atomic E-state index is 12.3. The summed E-state index contributed by atoms with van der Waals surface area (Å²) in [6.45, 7) is 1.20. The molecule has 1 atom stereocenters. The highest BCUT2D eigenvalue weighted by Crippen LogP contribution is 2.23. The van der Waals surface area contributed by atoms with E-state index in [4.69, 9.17) is 5.73 Å². The highest BCUT2D eigenvalue weighted by molar-refractivity contribution is 5.77. The van der Waals surface area contributed by atoms with Crippen LogP contribution < -0.4 is 10.5 Å². The van der Waals surface area contributed by atoms with Gasteiger partial charge in [-0.2, -0.15) is 0 Å². The molecule has 4 nitrogen and oxygen atoms in total. The number of halogens is 3. The Bertz CT molecular complexity index is 517. The van der Waals surface area contributed by atoms with Gasteiger partial charge in [0.25, 0.3) is 0 Å². The Morgan fingerprint density at radius 2 is 1.96 bits per heavy atom. The molecule has 1 aromatic carbocycles. The van der Waals surface area contributed by atoms with Crippen molar-refractivity contribution >= 4 is 5.91 Å². The lowest BCUT2D eigenvalue weighted by molar-refractivity contribution is -0.274. The summed E-state index contributed by atoms with van der Waals surface area (Å²) in [7, 11) is 0. The first-order chi connectivity index (χ1) is 10.9. The molecule has 128 valence electrons. The van der Waals surface area contributed by atoms with Crippen molar-refractivity contribution in [1.29, 1.82) is 0 Å². The minimum absolute atomic E-state index is 0.0516. The van der Waals surface area contributed by atoms with Crippen LogP contribution >= 0.6 is 0 Å². The molecule has 1 unspecified atom stereocenters. The standard InChI is InChI=1S/C16H21F3N2O2/c17-16(18,19)23-14-7-4-12(5-8-14)6-9-15(22)21-10-2-1-3-13(21)11-20/h4-5,7-8,13H,1-3,6,9-11,20H2. The van der Waals surface area contributed by atoms with Crippen LogP contribution in [-0.4, -0.2) is 36.3 Å². The normalized spacial score (nSPS) is 18.8. The zero-order chi connectivity index (χ0) is 16.9. The number of hydrogen-bond acceptors (Lipinski definition) is 3. The SMILES string of the molecule is NCC1CCCCN1C(=O)CCc1ccc(OC(F)(F)F)cc1. The fraction of sp³-hybridized carbons (Fsp3) is 0.562. The number of nitrogens with two attached hydrogens (primary N) is 1. The van der Waals surface area contributed by atoms with Gasteiger partial charge >= 0.3 is 6.36 Å². The minimum Gasteiger partial charge on any atom is -0.406 e. The van der Waals surface area contributed by atoms with Crippen molar-refractivity contribution in [2.24, 2.45) is 5.73 Å². The molecule has 7 heteroatoms. The molecule has 1 aromatic rings. The van der Waals surface area contributed by atoms with Crippen molar-refractivity contribution in [3.63, 3.8) is 0 Å². The van der Waals surface area contributed by atoms with Crippen LogP contribution in [0.1, 0.15) is 31.2 Å². The summed E-state index contributed by atoms with van der Waals surface area (Å²) in [4.78, 5) is 14.1. The molecule has 0 radical (unpaired) electrons. The first kappa shape index (κ1) is 17.6. The third-order valence-electron chi connectivity index (χ3n) is 4.00. The van der Waals surface area contributed by atoms with Gasteiger partial charge in [0.1, 0.15) is 5.75 Å². The van der Waals surface area contributed by atoms with Gasteiger partial charge in [0.2, 0.25) is 5.91 Å². The van der Waals surface area contributed by atoms with E-state index in [9.17, 15) is 18.0 Å². The van der Waals surface area contributed by atoms with Gasteiger partial charge in [-0.15, -0.1) is 13.2 Å². The van der Waals surface area contributed by atoms with Crippen LogP contribution in [0.25, 0.3) is 0 Å². The van der Waals surface area contributed by atoms with Gasteiger partial charge in [-0.05, 0) is 43.4 Å². The molecule has 1 amide bonds. The largest absolute Gasteiger partial charge is 0.573 e. The summed E-state index contributed by atoms with van der Waals surface area (Å²) in [5, 5.41) is 0. The number of alkyl halides is 3. The Hall–Kier alpha value is -1.76. The first-order valence-electron chi connectivity index (χ1n) is 7.73. The Morgan fingerprint density at radius 3 is 2.57 bits per heavy atom. The van der Waals surface area contributed by atoms with Crippen molar-refractivity contribution in [2.45, 2.75) is 44.5 Å². The number of ether oxygens (including phenoxy) is 1. The summed E-state index contributed by atoms with van der Waals surface area (Å²) in [5.74, 6) is -0.206. The van der Waals surface area contributed by atoms with E-state index in [0.29, 0.717) is 19.4 Å². The smallest absolute Gasteiger partial charge is 0.406 e. The second-order valence-electron chi connectivity index (χ2n) is 5.66. The first-order valence-corrected chi connectivity index (χ1v) is 7.73. The third-order valence-corrected chi connectivity index (χ3v) is 4.00. The third kappa shape index (κ3) is 5.42. The Morgan fingerprint density at radius 1 is 1.26 bits per heavy atom. The van der Waals surface area contributed by atoms with Gasteiger partial charge in [0, 0.05) is 25.6 Å². The molecule has 0 saturated carbocycles. The predicted molar refractivity (Wildman–Crippen MR) is 79.9 cm³/mol. The molecule has 0 aromatic heterocycles. The number of benzene rings is 1. The molecule has 2 N–H and O–H groups in total. The number of piperidine rings is 1. The second kappa shape index (κ2) is 7.68. The molecule has 1 fully saturated rings. The van der Waals surface area contributed by atoms with E-state index in [1.807, 2.05) is 4.90 Å². The summed E-state index contributed by atoms with van der Waals surface area (Å²) in [5.41, 5.74) is 6.51. The maximum Gasteiger partial charge on any atom is 0.573 e. The molecule has 2 rings (SSSR count). The molecule has 1 heterocycles. The van der Waals surface area contributed by atoms with Gasteiger partial charge in [-0.3, -0.25) is 4.79 Å². The monoisotopic (exact) mass is 330 g/mol. The van der Waals surface area contributed by atoms with Gasteiger partial charge in [-0.25, -0.2) is 0 Å². The number of hydrogen-bond donors (Lipinski definition) is 1. The van der Waals surface area contributed by atoms with Crippen molar-refractivity contribution < 1.29 is 22.7 Å². The lowest BCUT2D eigenvalue weighted by Crippen LogP contribution is -2.47. The lowest BCUT2D eigenvalue weighted by atomic mass is 10.0. The highest BCUT2D eigenvalue weighted by atomic mass is 19.4. The van der Waals surface area contributed by atoms with E-state index in [1.54, 1.807) is 12.1 Å². The van der Waals surface area contributed by atoms with Crippen LogP contribution in [0, 0.1) is 0 Å². The van der Waals surface area contributed by atoms with E-state index in [-0.39, 0.29) is 17.7 Å². The number of nitrogens with zero attached hydrogens (tertiary/aromatic N) is 1. The van der Waals surface area contributed by atoms with E-state index in [1.165, 1.54) is 12.1 Å². The summed E-state index contributed by atoms with van der Waals surface area (Å²) in [6, 6.07) is 5.72. The van der Waals surface area contributed by atoms with Gasteiger partial charge in [0.05, 0.1) is 0 Å². The minimum atomic E-state index is -4.69. The van der Waals surface area contributed by atoms with Crippen LogP contribution in [0.2, 0.25) is 0 Å². The van der Waals surface area contributed by atoms with E-state index in [2.05, 4.69) is 4.74 Å². The van der Waals surface area contributed by atoms with Crippen LogP contribution in [0.4, 0.5) is 13.2 Å². The number of aryl methyl sites for hydroxylation is 1. The van der Waals surface area contributed by atoms with Crippen LogP contribution in [-0.2, 0) is 11.2 Å². The number of carbonyl (C=O) groups excluding carboxylic acids is 1. The lowest BCUT2D eigenvalue weighted by Gasteiger charge is -2.35. The summed E-state index contributed by atoms with van der Waals surface area (Å²) < 4.78 is 40.1. The van der Waals surface area contributed by atoms with Crippen molar-refractivity contribution in [2.75, 3.05) is 13.1 Å². The molecule has 0 spiro atoms. The average molecular weight is 330 g/mol. The number of amides is 1. The van der Waals surface area contributed by atoms with Crippen molar-refractivity contribution in [3.8, 4) is 5.75 Å². The molecule has 23 heavy (non-hydrogen) atoms. The fourth-order valence-corrected chi connectivity index (χ4v) is 2.83. The van der Waals surface area contributed by atoms with Gasteiger partial charge < -0.3 is 15.4 Å². The van der Waals surface area contributed by atoms with Gasteiger partial charge in [-0.1, -0.05) is 12.1 Å². The molecular weight excluding hydrogens is 309 g/mol. The maximum absolute atomic E-state index is 12.3. The number of rotatable bonds is 5. The molecule has 1 aliphatic rings. The van der Waals surface area contributed by atoms with E-state index >= 15 is 0 Å². The van der Waals surface area contributed by atoms with Crippen LogP contribution in [0.3, 0.4) is 0 Å². The quantitative estimate of drug-likeness (QED) is 0.903. The highest BCUT2D eigenvalue weighted by Gasteiger charge is 2.31. The summed E-state index contributed by atoms with van der Waals surface area (Å²) in [6.07, 6.45) is -0.859. The Kier molecular flexibility index (Phi) is 5.87. The van der Waals surface area contributed by atoms with Gasteiger partial charge in [0.15, 0.2) is 0 Å². The predicted octanol–water partition coefficient (Wildman–Crippen LogP) is 2.86.